The van der Waals surface area contributed by atoms with Crippen molar-refractivity contribution in [1.29, 1.82) is 0 Å². The molecule has 0 spiro atoms. The molecule has 1 aromatic carbocycles. The highest BCUT2D eigenvalue weighted by atomic mass is 35.5. The van der Waals surface area contributed by atoms with Crippen molar-refractivity contribution in [2.24, 2.45) is 13.0 Å². The van der Waals surface area contributed by atoms with E-state index in [2.05, 4.69) is 9.88 Å². The molecule has 1 aromatic heterocycles. The van der Waals surface area contributed by atoms with Gasteiger partial charge in [-0.05, 0) is 31.5 Å². The van der Waals surface area contributed by atoms with E-state index in [1.54, 1.807) is 18.3 Å². The minimum Gasteiger partial charge on any atom is -0.385 e. The average Bonchev–Trinajstić information content (AvgIpc) is 2.97. The summed E-state index contributed by atoms with van der Waals surface area (Å²) in [5, 5.41) is 11.1. The Hall–Kier alpha value is -1.43. The molecule has 2 heterocycles. The molecule has 1 aliphatic rings. The van der Waals surface area contributed by atoms with E-state index in [1.165, 1.54) is 6.07 Å². The zero-order valence-corrected chi connectivity index (χ0v) is 13.9. The molecule has 1 N–H and O–H groups in total. The first kappa shape index (κ1) is 16.4. The molecular formula is C17H21ClFN3O. The third-order valence-corrected chi connectivity index (χ3v) is 4.91. The highest BCUT2D eigenvalue weighted by Crippen LogP contribution is 2.30. The van der Waals surface area contributed by atoms with Gasteiger partial charge in [-0.3, -0.25) is 4.90 Å². The zero-order valence-electron chi connectivity index (χ0n) is 13.1. The lowest BCUT2D eigenvalue weighted by molar-refractivity contribution is 0.0402. The number of imidazole rings is 1. The fourth-order valence-electron chi connectivity index (χ4n) is 3.27. The van der Waals surface area contributed by atoms with Gasteiger partial charge in [0, 0.05) is 49.0 Å². The number of aliphatic hydroxyl groups excluding tert-OH is 1. The summed E-state index contributed by atoms with van der Waals surface area (Å²) in [4.78, 5) is 6.40. The summed E-state index contributed by atoms with van der Waals surface area (Å²) in [6.07, 6.45) is 4.83. The van der Waals surface area contributed by atoms with Gasteiger partial charge in [-0.15, -0.1) is 0 Å². The lowest BCUT2D eigenvalue weighted by Gasteiger charge is -2.35. The maximum absolute atomic E-state index is 14.0. The van der Waals surface area contributed by atoms with Crippen molar-refractivity contribution in [2.75, 3.05) is 13.1 Å². The van der Waals surface area contributed by atoms with Gasteiger partial charge in [0.25, 0.3) is 0 Å². The average molecular weight is 338 g/mol. The van der Waals surface area contributed by atoms with Gasteiger partial charge < -0.3 is 9.67 Å². The lowest BCUT2D eigenvalue weighted by atomic mass is 9.91. The number of piperidine rings is 1. The van der Waals surface area contributed by atoms with Crippen LogP contribution in [0.1, 0.15) is 30.3 Å². The quantitative estimate of drug-likeness (QED) is 0.931. The Kier molecular flexibility index (Phi) is 4.99. The summed E-state index contributed by atoms with van der Waals surface area (Å²) < 4.78 is 15.8. The fourth-order valence-corrected chi connectivity index (χ4v) is 3.50. The maximum Gasteiger partial charge on any atom is 0.137 e. The standard InChI is InChI=1S/C17H21ClFN3O/c1-21-9-7-20-17(21)16(23)12-4-3-8-22(10-12)11-13-14(18)5-2-6-15(13)19/h2,5-7,9,12,16,23H,3-4,8,10-11H2,1H3. The molecule has 1 aliphatic heterocycles. The Labute approximate surface area is 140 Å². The number of halogens is 2. The molecule has 2 unspecified atom stereocenters. The van der Waals surface area contributed by atoms with Crippen molar-refractivity contribution in [1.82, 2.24) is 14.5 Å². The molecule has 23 heavy (non-hydrogen) atoms. The second-order valence-electron chi connectivity index (χ2n) is 6.18. The highest BCUT2D eigenvalue weighted by molar-refractivity contribution is 6.31. The summed E-state index contributed by atoms with van der Waals surface area (Å²) in [6, 6.07) is 4.76. The van der Waals surface area contributed by atoms with Gasteiger partial charge in [-0.2, -0.15) is 0 Å². The Morgan fingerprint density at radius 3 is 3.00 bits per heavy atom. The van der Waals surface area contributed by atoms with Crippen LogP contribution >= 0.6 is 11.6 Å². The number of nitrogens with zero attached hydrogens (tertiary/aromatic N) is 3. The maximum atomic E-state index is 14.0. The number of aliphatic hydroxyl groups is 1. The van der Waals surface area contributed by atoms with Crippen LogP contribution < -0.4 is 0 Å². The Morgan fingerprint density at radius 1 is 1.48 bits per heavy atom. The van der Waals surface area contributed by atoms with Crippen LogP contribution in [0.5, 0.6) is 0 Å². The minimum absolute atomic E-state index is 0.0930. The monoisotopic (exact) mass is 337 g/mol. The van der Waals surface area contributed by atoms with Crippen LogP contribution in [-0.4, -0.2) is 32.6 Å². The predicted octanol–water partition coefficient (Wildman–Crippen LogP) is 3.16. The Balaban J connectivity index is 1.70. The summed E-state index contributed by atoms with van der Waals surface area (Å²) in [5.41, 5.74) is 0.529. The number of hydrogen-bond acceptors (Lipinski definition) is 3. The highest BCUT2D eigenvalue weighted by Gasteiger charge is 2.29. The molecule has 1 fully saturated rings. The van der Waals surface area contributed by atoms with Gasteiger partial charge in [-0.25, -0.2) is 9.37 Å². The number of hydrogen-bond donors (Lipinski definition) is 1. The van der Waals surface area contributed by atoms with Crippen LogP contribution in [0.25, 0.3) is 0 Å². The third kappa shape index (κ3) is 3.57. The van der Waals surface area contributed by atoms with Gasteiger partial charge in [-0.1, -0.05) is 17.7 Å². The van der Waals surface area contributed by atoms with Crippen LogP contribution in [0, 0.1) is 11.7 Å². The molecular weight excluding hydrogens is 317 g/mol. The molecule has 0 radical (unpaired) electrons. The predicted molar refractivity (Wildman–Crippen MR) is 87.6 cm³/mol. The second kappa shape index (κ2) is 6.99. The van der Waals surface area contributed by atoms with E-state index in [0.29, 0.717) is 29.5 Å². The molecule has 1 saturated heterocycles. The van der Waals surface area contributed by atoms with E-state index in [1.807, 2.05) is 17.8 Å². The number of benzene rings is 1. The smallest absolute Gasteiger partial charge is 0.137 e. The van der Waals surface area contributed by atoms with Crippen molar-refractivity contribution < 1.29 is 9.50 Å². The van der Waals surface area contributed by atoms with Crippen LogP contribution in [0.15, 0.2) is 30.6 Å². The molecule has 0 amide bonds. The largest absolute Gasteiger partial charge is 0.385 e. The summed E-state index contributed by atoms with van der Waals surface area (Å²) >= 11 is 6.12. The van der Waals surface area contributed by atoms with E-state index in [0.717, 1.165) is 19.4 Å². The van der Waals surface area contributed by atoms with E-state index in [4.69, 9.17) is 11.6 Å². The summed E-state index contributed by atoms with van der Waals surface area (Å²) in [6.45, 7) is 2.06. The fraction of sp³-hybridized carbons (Fsp3) is 0.471. The van der Waals surface area contributed by atoms with Gasteiger partial charge in [0.15, 0.2) is 0 Å². The lowest BCUT2D eigenvalue weighted by Crippen LogP contribution is -2.38. The van der Waals surface area contributed by atoms with Gasteiger partial charge >= 0.3 is 0 Å². The van der Waals surface area contributed by atoms with Crippen LogP contribution in [0.4, 0.5) is 4.39 Å². The molecule has 2 atom stereocenters. The second-order valence-corrected chi connectivity index (χ2v) is 6.59. The van der Waals surface area contributed by atoms with Gasteiger partial charge in [0.2, 0.25) is 0 Å². The van der Waals surface area contributed by atoms with Gasteiger partial charge in [0.05, 0.1) is 0 Å². The first-order valence-electron chi connectivity index (χ1n) is 7.87. The van der Waals surface area contributed by atoms with Crippen LogP contribution in [0.3, 0.4) is 0 Å². The van der Waals surface area contributed by atoms with E-state index in [9.17, 15) is 9.50 Å². The molecule has 6 heteroatoms. The summed E-state index contributed by atoms with van der Waals surface area (Å²) in [5.74, 6) is 0.500. The topological polar surface area (TPSA) is 41.3 Å². The number of rotatable bonds is 4. The summed E-state index contributed by atoms with van der Waals surface area (Å²) in [7, 11) is 1.88. The normalized spacial score (nSPS) is 20.6. The van der Waals surface area contributed by atoms with Crippen LogP contribution in [0.2, 0.25) is 5.02 Å². The van der Waals surface area contributed by atoms with E-state index in [-0.39, 0.29) is 11.7 Å². The van der Waals surface area contributed by atoms with Crippen molar-refractivity contribution in [3.8, 4) is 0 Å². The van der Waals surface area contributed by atoms with E-state index >= 15 is 0 Å². The van der Waals surface area contributed by atoms with E-state index < -0.39 is 6.10 Å². The van der Waals surface area contributed by atoms with Crippen molar-refractivity contribution in [2.45, 2.75) is 25.5 Å². The van der Waals surface area contributed by atoms with Crippen molar-refractivity contribution in [3.63, 3.8) is 0 Å². The van der Waals surface area contributed by atoms with Crippen LogP contribution in [-0.2, 0) is 13.6 Å². The number of aryl methyl sites for hydroxylation is 1. The zero-order chi connectivity index (χ0) is 16.4. The molecule has 3 rings (SSSR count). The first-order valence-corrected chi connectivity index (χ1v) is 8.24. The number of aromatic nitrogens is 2. The first-order chi connectivity index (χ1) is 11.1. The minimum atomic E-state index is -0.603. The third-order valence-electron chi connectivity index (χ3n) is 4.55. The molecule has 0 aliphatic carbocycles. The Bertz CT molecular complexity index is 655. The molecule has 0 bridgehead atoms. The van der Waals surface area contributed by atoms with Crippen molar-refractivity contribution >= 4 is 11.6 Å². The molecule has 4 nitrogen and oxygen atoms in total. The molecule has 2 aromatic rings. The SMILES string of the molecule is Cn1ccnc1C(O)C1CCCN(Cc2c(F)cccc2Cl)C1. The van der Waals surface area contributed by atoms with Crippen molar-refractivity contribution in [3.05, 3.63) is 52.8 Å². The number of likely N-dealkylation sites (tertiary alicyclic amines) is 1. The van der Waals surface area contributed by atoms with Gasteiger partial charge in [0.1, 0.15) is 17.7 Å². The Morgan fingerprint density at radius 2 is 2.30 bits per heavy atom. The molecule has 0 saturated carbocycles. The molecule has 124 valence electrons.